The summed E-state index contributed by atoms with van der Waals surface area (Å²) < 4.78 is 1.96. The molecule has 3 heterocycles. The van der Waals surface area contributed by atoms with Crippen molar-refractivity contribution in [3.63, 3.8) is 0 Å². The van der Waals surface area contributed by atoms with Crippen molar-refractivity contribution in [3.05, 3.63) is 65.4 Å². The van der Waals surface area contributed by atoms with E-state index in [9.17, 15) is 0 Å². The third kappa shape index (κ3) is 3.05. The van der Waals surface area contributed by atoms with Crippen molar-refractivity contribution in [2.24, 2.45) is 0 Å². The molecule has 4 nitrogen and oxygen atoms in total. The molecule has 3 aromatic rings. The number of hydrogen-bond acceptors (Lipinski definition) is 2. The molecule has 1 aliphatic heterocycles. The van der Waals surface area contributed by atoms with Gasteiger partial charge in [-0.15, -0.1) is 0 Å². The number of piperazine rings is 1. The first-order valence-electron chi connectivity index (χ1n) is 8.05. The number of quaternary nitrogens is 1. The number of nitrogens with zero attached hydrogens (tertiary/aromatic N) is 3. The predicted octanol–water partition coefficient (Wildman–Crippen LogP) is 1.89. The fraction of sp³-hybridized carbons (Fsp3) is 0.278. The van der Waals surface area contributed by atoms with E-state index in [1.807, 2.05) is 35.1 Å². The van der Waals surface area contributed by atoms with E-state index in [1.165, 1.54) is 16.8 Å². The van der Waals surface area contributed by atoms with Gasteiger partial charge in [0.25, 0.3) is 0 Å². The van der Waals surface area contributed by atoms with E-state index in [2.05, 4.69) is 34.3 Å². The van der Waals surface area contributed by atoms with Gasteiger partial charge >= 0.3 is 0 Å². The molecule has 0 atom stereocenters. The molecular weight excluding hydrogens is 308 g/mol. The van der Waals surface area contributed by atoms with Crippen LogP contribution in [0.25, 0.3) is 5.52 Å². The molecule has 0 spiro atoms. The summed E-state index contributed by atoms with van der Waals surface area (Å²) in [6.07, 6.45) is 4.01. The van der Waals surface area contributed by atoms with Crippen molar-refractivity contribution in [1.82, 2.24) is 9.61 Å². The molecule has 118 valence electrons. The molecule has 0 amide bonds. The largest absolute Gasteiger partial charge is 0.360 e. The van der Waals surface area contributed by atoms with Crippen LogP contribution in [-0.4, -0.2) is 35.8 Å². The predicted molar refractivity (Wildman–Crippen MR) is 93.3 cm³/mol. The van der Waals surface area contributed by atoms with E-state index in [4.69, 9.17) is 11.6 Å². The van der Waals surface area contributed by atoms with Crippen LogP contribution >= 0.6 is 11.6 Å². The van der Waals surface area contributed by atoms with Crippen LogP contribution in [-0.2, 0) is 6.54 Å². The number of nitrogens with one attached hydrogen (secondary N) is 1. The maximum absolute atomic E-state index is 6.10. The number of benzene rings is 1. The Kier molecular flexibility index (Phi) is 3.93. The van der Waals surface area contributed by atoms with Gasteiger partial charge in [0, 0.05) is 16.9 Å². The van der Waals surface area contributed by atoms with Crippen molar-refractivity contribution in [1.29, 1.82) is 0 Å². The molecular formula is C18H20ClN4+. The number of hydrogen-bond donors (Lipinski definition) is 1. The van der Waals surface area contributed by atoms with Gasteiger partial charge in [0.15, 0.2) is 0 Å². The third-order valence-corrected chi connectivity index (χ3v) is 4.83. The van der Waals surface area contributed by atoms with E-state index in [-0.39, 0.29) is 0 Å². The lowest BCUT2D eigenvalue weighted by atomic mass is 10.2. The van der Waals surface area contributed by atoms with Crippen LogP contribution in [0.4, 0.5) is 5.69 Å². The van der Waals surface area contributed by atoms with Crippen LogP contribution in [0.1, 0.15) is 5.56 Å². The monoisotopic (exact) mass is 327 g/mol. The second-order valence-electron chi connectivity index (χ2n) is 6.09. The smallest absolute Gasteiger partial charge is 0.107 e. The Morgan fingerprint density at radius 3 is 2.78 bits per heavy atom. The summed E-state index contributed by atoms with van der Waals surface area (Å²) in [6.45, 7) is 5.44. The Morgan fingerprint density at radius 2 is 1.96 bits per heavy atom. The fourth-order valence-electron chi connectivity index (χ4n) is 3.32. The zero-order valence-electron chi connectivity index (χ0n) is 13.0. The van der Waals surface area contributed by atoms with Crippen molar-refractivity contribution < 1.29 is 4.90 Å². The fourth-order valence-corrected chi connectivity index (χ4v) is 3.51. The van der Waals surface area contributed by atoms with E-state index >= 15 is 0 Å². The summed E-state index contributed by atoms with van der Waals surface area (Å²) in [5, 5.41) is 5.24. The summed E-state index contributed by atoms with van der Waals surface area (Å²) in [5.74, 6) is 0. The summed E-state index contributed by atoms with van der Waals surface area (Å²) in [6, 6.07) is 14.4. The van der Waals surface area contributed by atoms with Gasteiger partial charge in [-0.3, -0.25) is 0 Å². The highest BCUT2D eigenvalue weighted by molar-refractivity contribution is 6.30. The van der Waals surface area contributed by atoms with Crippen LogP contribution in [0, 0.1) is 0 Å². The molecule has 0 unspecified atom stereocenters. The van der Waals surface area contributed by atoms with Crippen LogP contribution in [0.3, 0.4) is 0 Å². The van der Waals surface area contributed by atoms with Gasteiger partial charge in [0.05, 0.1) is 43.5 Å². The number of aromatic nitrogens is 2. The van der Waals surface area contributed by atoms with Gasteiger partial charge in [-0.25, -0.2) is 4.52 Å². The van der Waals surface area contributed by atoms with E-state index in [1.54, 1.807) is 4.90 Å². The first-order valence-corrected chi connectivity index (χ1v) is 8.43. The molecule has 1 N–H and O–H groups in total. The van der Waals surface area contributed by atoms with Crippen LogP contribution < -0.4 is 9.80 Å². The van der Waals surface area contributed by atoms with Crippen molar-refractivity contribution in [3.8, 4) is 0 Å². The van der Waals surface area contributed by atoms with Gasteiger partial charge in [-0.2, -0.15) is 5.10 Å². The summed E-state index contributed by atoms with van der Waals surface area (Å²) in [5.41, 5.74) is 3.78. The maximum Gasteiger partial charge on any atom is 0.107 e. The average Bonchev–Trinajstić information content (AvgIpc) is 2.99. The van der Waals surface area contributed by atoms with Crippen LogP contribution in [0.5, 0.6) is 0 Å². The Hall–Kier alpha value is -2.04. The van der Waals surface area contributed by atoms with Crippen molar-refractivity contribution >= 4 is 22.8 Å². The summed E-state index contributed by atoms with van der Waals surface area (Å²) in [7, 11) is 0. The van der Waals surface area contributed by atoms with E-state index < -0.39 is 0 Å². The topological polar surface area (TPSA) is 25.0 Å². The number of rotatable bonds is 3. The molecule has 1 aliphatic rings. The highest BCUT2D eigenvalue weighted by Crippen LogP contribution is 2.19. The van der Waals surface area contributed by atoms with Gasteiger partial charge < -0.3 is 9.80 Å². The lowest BCUT2D eigenvalue weighted by Gasteiger charge is -2.33. The molecule has 23 heavy (non-hydrogen) atoms. The minimum atomic E-state index is 0.809. The highest BCUT2D eigenvalue weighted by Gasteiger charge is 2.21. The molecule has 1 saturated heterocycles. The maximum atomic E-state index is 6.10. The SMILES string of the molecule is Clc1cccc(N2CC[NH+](Cc3cnn4ccccc34)CC2)c1. The first-order chi connectivity index (χ1) is 11.3. The lowest BCUT2D eigenvalue weighted by molar-refractivity contribution is -0.914. The summed E-state index contributed by atoms with van der Waals surface area (Å²) >= 11 is 6.10. The standard InChI is InChI=1S/C18H19ClN4/c19-16-4-3-5-17(12-16)22-10-8-21(9-11-22)14-15-13-20-23-7-2-1-6-18(15)23/h1-7,12-13H,8-11,14H2/p+1. The minimum absolute atomic E-state index is 0.809. The van der Waals surface area contributed by atoms with Gasteiger partial charge in [-0.1, -0.05) is 23.7 Å². The first kappa shape index (κ1) is 14.5. The lowest BCUT2D eigenvalue weighted by Crippen LogP contribution is -3.13. The molecule has 0 radical (unpaired) electrons. The Morgan fingerprint density at radius 1 is 1.09 bits per heavy atom. The zero-order chi connectivity index (χ0) is 15.6. The number of anilines is 1. The second-order valence-corrected chi connectivity index (χ2v) is 6.53. The normalized spacial score (nSPS) is 16.1. The third-order valence-electron chi connectivity index (χ3n) is 4.59. The molecule has 0 saturated carbocycles. The molecule has 2 aromatic heterocycles. The van der Waals surface area contributed by atoms with Gasteiger partial charge in [-0.05, 0) is 30.3 Å². The van der Waals surface area contributed by atoms with E-state index in [0.29, 0.717) is 0 Å². The number of pyridine rings is 1. The molecule has 1 aromatic carbocycles. The van der Waals surface area contributed by atoms with Gasteiger partial charge in [0.2, 0.25) is 0 Å². The average molecular weight is 328 g/mol. The highest BCUT2D eigenvalue weighted by atomic mass is 35.5. The molecule has 1 fully saturated rings. The van der Waals surface area contributed by atoms with Crippen LogP contribution in [0.15, 0.2) is 54.9 Å². The second kappa shape index (κ2) is 6.22. The van der Waals surface area contributed by atoms with E-state index in [0.717, 1.165) is 37.7 Å². The molecule has 4 rings (SSSR count). The molecule has 0 bridgehead atoms. The quantitative estimate of drug-likeness (QED) is 0.794. The van der Waals surface area contributed by atoms with Crippen LogP contribution in [0.2, 0.25) is 5.02 Å². The number of fused-ring (bicyclic) bond motifs is 1. The zero-order valence-corrected chi connectivity index (χ0v) is 13.7. The number of halogens is 1. The van der Waals surface area contributed by atoms with Crippen molar-refractivity contribution in [2.75, 3.05) is 31.1 Å². The van der Waals surface area contributed by atoms with Gasteiger partial charge in [0.1, 0.15) is 6.54 Å². The Labute approximate surface area is 140 Å². The Balaban J connectivity index is 1.42. The Bertz CT molecular complexity index is 805. The summed E-state index contributed by atoms with van der Waals surface area (Å²) in [4.78, 5) is 4.04. The minimum Gasteiger partial charge on any atom is -0.360 e. The molecule has 0 aliphatic carbocycles. The molecule has 5 heteroatoms. The van der Waals surface area contributed by atoms with Crippen molar-refractivity contribution in [2.45, 2.75) is 6.54 Å².